The van der Waals surface area contributed by atoms with Gasteiger partial charge in [0.1, 0.15) is 12.0 Å². The van der Waals surface area contributed by atoms with Crippen LogP contribution in [0.5, 0.6) is 0 Å². The Hall–Kier alpha value is -1.82. The lowest BCUT2D eigenvalue weighted by Crippen LogP contribution is -1.97. The van der Waals surface area contributed by atoms with Crippen LogP contribution < -0.4 is 5.73 Å². The molecule has 13 heavy (non-hydrogen) atoms. The second-order valence-electron chi connectivity index (χ2n) is 2.31. The lowest BCUT2D eigenvalue weighted by Gasteiger charge is -1.88. The molecule has 0 atom stereocenters. The summed E-state index contributed by atoms with van der Waals surface area (Å²) in [5.41, 5.74) is 5.92. The van der Waals surface area contributed by atoms with E-state index in [1.54, 1.807) is 12.3 Å². The first-order valence-corrected chi connectivity index (χ1v) is 3.69. The van der Waals surface area contributed by atoms with Gasteiger partial charge in [-0.3, -0.25) is 0 Å². The second-order valence-corrected chi connectivity index (χ2v) is 2.31. The predicted molar refractivity (Wildman–Crippen MR) is 43.2 cm³/mol. The van der Waals surface area contributed by atoms with Gasteiger partial charge in [-0.05, 0) is 6.07 Å². The molecule has 2 heterocycles. The Morgan fingerprint density at radius 2 is 2.38 bits per heavy atom. The molecule has 6 nitrogen and oxygen atoms in total. The lowest BCUT2D eigenvalue weighted by molar-refractivity contribution is 0.421. The highest BCUT2D eigenvalue weighted by Crippen LogP contribution is 2.11. The largest absolute Gasteiger partial charge is 0.332 e. The van der Waals surface area contributed by atoms with E-state index in [9.17, 15) is 0 Å². The van der Waals surface area contributed by atoms with Crippen LogP contribution in [0.1, 0.15) is 5.82 Å². The Kier molecular flexibility index (Phi) is 1.97. The van der Waals surface area contributed by atoms with Gasteiger partial charge in [0.2, 0.25) is 0 Å². The molecule has 0 aromatic carbocycles. The molecular weight excluding hydrogens is 170 g/mol. The van der Waals surface area contributed by atoms with Gasteiger partial charge < -0.3 is 10.3 Å². The van der Waals surface area contributed by atoms with E-state index in [-0.39, 0.29) is 6.54 Å². The van der Waals surface area contributed by atoms with Crippen LogP contribution in [-0.4, -0.2) is 20.1 Å². The third-order valence-corrected chi connectivity index (χ3v) is 1.45. The van der Waals surface area contributed by atoms with E-state index in [2.05, 4.69) is 20.1 Å². The number of nitrogens with zero attached hydrogens (tertiary/aromatic N) is 4. The van der Waals surface area contributed by atoms with Crippen molar-refractivity contribution < 1.29 is 4.52 Å². The van der Waals surface area contributed by atoms with Crippen molar-refractivity contribution in [3.63, 3.8) is 0 Å². The molecule has 0 spiro atoms. The highest BCUT2D eigenvalue weighted by Gasteiger charge is 2.07. The molecule has 0 saturated heterocycles. The minimum Gasteiger partial charge on any atom is -0.332 e. The van der Waals surface area contributed by atoms with Crippen LogP contribution in [0.15, 0.2) is 23.1 Å². The maximum Gasteiger partial charge on any atom is 0.276 e. The Morgan fingerprint density at radius 1 is 1.46 bits per heavy atom. The highest BCUT2D eigenvalue weighted by atomic mass is 16.5. The normalized spacial score (nSPS) is 10.2. The molecule has 6 heteroatoms. The van der Waals surface area contributed by atoms with E-state index in [0.717, 1.165) is 0 Å². The molecule has 0 saturated carbocycles. The zero-order valence-corrected chi connectivity index (χ0v) is 6.71. The molecule has 0 bridgehead atoms. The van der Waals surface area contributed by atoms with Crippen molar-refractivity contribution in [2.75, 3.05) is 0 Å². The van der Waals surface area contributed by atoms with Crippen molar-refractivity contribution >= 4 is 0 Å². The van der Waals surface area contributed by atoms with Crippen molar-refractivity contribution in [2.24, 2.45) is 5.73 Å². The van der Waals surface area contributed by atoms with Gasteiger partial charge in [-0.25, -0.2) is 9.97 Å². The van der Waals surface area contributed by atoms with Crippen LogP contribution in [0.25, 0.3) is 11.6 Å². The van der Waals surface area contributed by atoms with Gasteiger partial charge in [-0.2, -0.15) is 4.98 Å². The van der Waals surface area contributed by atoms with Gasteiger partial charge in [0.25, 0.3) is 5.89 Å². The van der Waals surface area contributed by atoms with Crippen LogP contribution in [0, 0.1) is 0 Å². The fourth-order valence-corrected chi connectivity index (χ4v) is 0.858. The molecular formula is C7H7N5O. The summed E-state index contributed by atoms with van der Waals surface area (Å²) in [6.07, 6.45) is 3.02. The molecule has 2 aromatic heterocycles. The molecule has 0 aliphatic carbocycles. The van der Waals surface area contributed by atoms with Crippen molar-refractivity contribution in [1.82, 2.24) is 20.1 Å². The lowest BCUT2D eigenvalue weighted by atomic mass is 10.4. The zero-order chi connectivity index (χ0) is 9.10. The van der Waals surface area contributed by atoms with E-state index in [0.29, 0.717) is 17.4 Å². The zero-order valence-electron chi connectivity index (χ0n) is 6.71. The number of nitrogens with two attached hydrogens (primary N) is 1. The van der Waals surface area contributed by atoms with Crippen LogP contribution in [0.3, 0.4) is 0 Å². The highest BCUT2D eigenvalue weighted by molar-refractivity contribution is 5.44. The minimum atomic E-state index is 0.259. The summed E-state index contributed by atoms with van der Waals surface area (Å²) >= 11 is 0. The standard InChI is InChI=1S/C7H7N5O/c8-3-6-11-7(13-12-6)5-1-2-9-4-10-5/h1-2,4H,3,8H2. The molecule has 0 aliphatic heterocycles. The van der Waals surface area contributed by atoms with Crippen molar-refractivity contribution in [3.05, 3.63) is 24.4 Å². The average Bonchev–Trinajstić information content (AvgIpc) is 2.67. The molecule has 0 amide bonds. The molecule has 0 aliphatic rings. The van der Waals surface area contributed by atoms with Crippen LogP contribution >= 0.6 is 0 Å². The first-order valence-electron chi connectivity index (χ1n) is 3.69. The monoisotopic (exact) mass is 177 g/mol. The minimum absolute atomic E-state index is 0.259. The molecule has 0 fully saturated rings. The van der Waals surface area contributed by atoms with Crippen molar-refractivity contribution in [1.29, 1.82) is 0 Å². The topological polar surface area (TPSA) is 90.7 Å². The van der Waals surface area contributed by atoms with Crippen molar-refractivity contribution in [3.8, 4) is 11.6 Å². The molecule has 66 valence electrons. The van der Waals surface area contributed by atoms with Crippen LogP contribution in [0.2, 0.25) is 0 Å². The molecule has 2 rings (SSSR count). The maximum absolute atomic E-state index is 5.32. The number of aromatic nitrogens is 4. The Labute approximate surface area is 73.8 Å². The van der Waals surface area contributed by atoms with E-state index >= 15 is 0 Å². The number of hydrogen-bond acceptors (Lipinski definition) is 6. The Morgan fingerprint density at radius 3 is 3.00 bits per heavy atom. The van der Waals surface area contributed by atoms with Gasteiger partial charge >= 0.3 is 0 Å². The number of hydrogen-bond donors (Lipinski definition) is 1. The smallest absolute Gasteiger partial charge is 0.276 e. The predicted octanol–water partition coefficient (Wildman–Crippen LogP) is -0.0147. The summed E-state index contributed by atoms with van der Waals surface area (Å²) in [5, 5.41) is 3.64. The summed E-state index contributed by atoms with van der Waals surface area (Å²) in [6.45, 7) is 0.259. The molecule has 0 unspecified atom stereocenters. The van der Waals surface area contributed by atoms with E-state index < -0.39 is 0 Å². The Bertz CT molecular complexity index is 385. The van der Waals surface area contributed by atoms with Crippen LogP contribution in [-0.2, 0) is 6.54 Å². The number of rotatable bonds is 2. The van der Waals surface area contributed by atoms with E-state index in [4.69, 9.17) is 10.3 Å². The maximum atomic E-state index is 5.32. The quantitative estimate of drug-likeness (QED) is 0.693. The molecule has 0 radical (unpaired) electrons. The van der Waals surface area contributed by atoms with Crippen molar-refractivity contribution in [2.45, 2.75) is 6.54 Å². The second kappa shape index (κ2) is 3.28. The first-order chi connectivity index (χ1) is 6.40. The molecule has 2 N–H and O–H groups in total. The fraction of sp³-hybridized carbons (Fsp3) is 0.143. The fourth-order valence-electron chi connectivity index (χ4n) is 0.858. The van der Waals surface area contributed by atoms with E-state index in [1.165, 1.54) is 6.33 Å². The first kappa shape index (κ1) is 7.81. The summed E-state index contributed by atoms with van der Waals surface area (Å²) in [7, 11) is 0. The van der Waals surface area contributed by atoms with E-state index in [1.807, 2.05) is 0 Å². The van der Waals surface area contributed by atoms with Gasteiger partial charge in [0.15, 0.2) is 5.82 Å². The molecule has 2 aromatic rings. The Balaban J connectivity index is 2.36. The third-order valence-electron chi connectivity index (χ3n) is 1.45. The average molecular weight is 177 g/mol. The summed E-state index contributed by atoms with van der Waals surface area (Å²) in [4.78, 5) is 11.7. The van der Waals surface area contributed by atoms with Gasteiger partial charge in [-0.15, -0.1) is 0 Å². The summed E-state index contributed by atoms with van der Waals surface area (Å²) < 4.78 is 4.91. The SMILES string of the molecule is NCc1noc(-c2ccncn2)n1. The van der Waals surface area contributed by atoms with Gasteiger partial charge in [0.05, 0.1) is 6.54 Å². The van der Waals surface area contributed by atoms with Crippen LogP contribution in [0.4, 0.5) is 0 Å². The third kappa shape index (κ3) is 1.52. The summed E-state index contributed by atoms with van der Waals surface area (Å²) in [6, 6.07) is 1.69. The summed E-state index contributed by atoms with van der Waals surface area (Å²) in [5.74, 6) is 0.830. The van der Waals surface area contributed by atoms with Gasteiger partial charge in [-0.1, -0.05) is 5.16 Å². The van der Waals surface area contributed by atoms with Gasteiger partial charge in [0, 0.05) is 6.20 Å².